The summed E-state index contributed by atoms with van der Waals surface area (Å²) in [7, 11) is 0. The molecule has 25 heavy (non-hydrogen) atoms. The highest BCUT2D eigenvalue weighted by molar-refractivity contribution is 5.91. The van der Waals surface area contributed by atoms with Crippen LogP contribution in [-0.2, 0) is 22.6 Å². The average molecular weight is 338 g/mol. The van der Waals surface area contributed by atoms with Crippen molar-refractivity contribution < 1.29 is 9.53 Å². The van der Waals surface area contributed by atoms with Gasteiger partial charge >= 0.3 is 0 Å². The molecule has 3 heterocycles. The number of nitrogens with zero attached hydrogens (tertiary/aromatic N) is 3. The molecule has 1 fully saturated rings. The SMILES string of the molecule is O=C(Cn1ccc2ccccc21)Nc1cnn(CC2CCOCC2)c1. The van der Waals surface area contributed by atoms with Gasteiger partial charge in [-0.15, -0.1) is 0 Å². The minimum Gasteiger partial charge on any atom is -0.381 e. The van der Waals surface area contributed by atoms with Crippen molar-refractivity contribution in [3.8, 4) is 0 Å². The highest BCUT2D eigenvalue weighted by atomic mass is 16.5. The molecule has 0 unspecified atom stereocenters. The van der Waals surface area contributed by atoms with Crippen molar-refractivity contribution in [2.24, 2.45) is 5.92 Å². The van der Waals surface area contributed by atoms with E-state index in [1.54, 1.807) is 6.20 Å². The number of benzene rings is 1. The average Bonchev–Trinajstić information content (AvgIpc) is 3.23. The quantitative estimate of drug-likeness (QED) is 0.778. The first-order valence-corrected chi connectivity index (χ1v) is 8.72. The summed E-state index contributed by atoms with van der Waals surface area (Å²) in [6.45, 7) is 2.83. The zero-order valence-corrected chi connectivity index (χ0v) is 14.1. The number of carbonyl (C=O) groups is 1. The Labute approximate surface area is 146 Å². The van der Waals surface area contributed by atoms with E-state index in [0.29, 0.717) is 12.5 Å². The normalized spacial score (nSPS) is 15.5. The maximum Gasteiger partial charge on any atom is 0.244 e. The molecule has 1 aliphatic heterocycles. The molecule has 6 heteroatoms. The fraction of sp³-hybridized carbons (Fsp3) is 0.368. The minimum absolute atomic E-state index is 0.0491. The highest BCUT2D eigenvalue weighted by Crippen LogP contribution is 2.18. The fourth-order valence-electron chi connectivity index (χ4n) is 3.36. The van der Waals surface area contributed by atoms with Crippen LogP contribution in [0.25, 0.3) is 10.9 Å². The van der Waals surface area contributed by atoms with Crippen LogP contribution in [-0.4, -0.2) is 33.5 Å². The first kappa shape index (κ1) is 15.9. The Kier molecular flexibility index (Phi) is 4.52. The van der Waals surface area contributed by atoms with Gasteiger partial charge in [0.05, 0.1) is 11.9 Å². The summed E-state index contributed by atoms with van der Waals surface area (Å²) < 4.78 is 9.26. The van der Waals surface area contributed by atoms with E-state index in [4.69, 9.17) is 4.74 Å². The second-order valence-electron chi connectivity index (χ2n) is 6.56. The number of aromatic nitrogens is 3. The molecule has 130 valence electrons. The number of carbonyl (C=O) groups excluding carboxylic acids is 1. The lowest BCUT2D eigenvalue weighted by atomic mass is 10.0. The maximum absolute atomic E-state index is 12.3. The molecule has 1 amide bonds. The largest absolute Gasteiger partial charge is 0.381 e. The first-order chi connectivity index (χ1) is 12.3. The van der Waals surface area contributed by atoms with Crippen molar-refractivity contribution in [2.75, 3.05) is 18.5 Å². The van der Waals surface area contributed by atoms with Crippen molar-refractivity contribution in [3.05, 3.63) is 48.9 Å². The van der Waals surface area contributed by atoms with Gasteiger partial charge in [-0.05, 0) is 36.3 Å². The Hall–Kier alpha value is -2.60. The molecule has 0 saturated carbocycles. The fourth-order valence-corrected chi connectivity index (χ4v) is 3.36. The summed E-state index contributed by atoms with van der Waals surface area (Å²) in [6, 6.07) is 10.1. The van der Waals surface area contributed by atoms with Gasteiger partial charge < -0.3 is 14.6 Å². The van der Waals surface area contributed by atoms with Crippen LogP contribution in [0.4, 0.5) is 5.69 Å². The molecule has 0 atom stereocenters. The third-order valence-electron chi connectivity index (χ3n) is 4.70. The standard InChI is InChI=1S/C19H22N4O2/c24-19(14-22-8-5-16-3-1-2-4-18(16)22)21-17-11-20-23(13-17)12-15-6-9-25-10-7-15/h1-5,8,11,13,15H,6-7,9-10,12,14H2,(H,21,24). The summed E-state index contributed by atoms with van der Waals surface area (Å²) in [6.07, 6.45) is 7.70. The van der Waals surface area contributed by atoms with Crippen molar-refractivity contribution in [1.82, 2.24) is 14.3 Å². The Balaban J connectivity index is 1.36. The van der Waals surface area contributed by atoms with E-state index in [1.165, 1.54) is 0 Å². The van der Waals surface area contributed by atoms with E-state index in [1.807, 2.05) is 52.0 Å². The minimum atomic E-state index is -0.0491. The van der Waals surface area contributed by atoms with E-state index in [9.17, 15) is 4.79 Å². The van der Waals surface area contributed by atoms with Gasteiger partial charge in [-0.2, -0.15) is 5.10 Å². The Bertz CT molecular complexity index is 861. The predicted molar refractivity (Wildman–Crippen MR) is 96.3 cm³/mol. The van der Waals surface area contributed by atoms with E-state index < -0.39 is 0 Å². The van der Waals surface area contributed by atoms with Crippen LogP contribution in [0.3, 0.4) is 0 Å². The molecule has 6 nitrogen and oxygen atoms in total. The smallest absolute Gasteiger partial charge is 0.244 e. The molecule has 2 aromatic heterocycles. The summed E-state index contributed by atoms with van der Waals surface area (Å²) in [5.41, 5.74) is 1.81. The number of para-hydroxylation sites is 1. The van der Waals surface area contributed by atoms with E-state index in [-0.39, 0.29) is 5.91 Å². The second kappa shape index (κ2) is 7.11. The molecular formula is C19H22N4O2. The molecular weight excluding hydrogens is 316 g/mol. The number of hydrogen-bond acceptors (Lipinski definition) is 3. The van der Waals surface area contributed by atoms with Crippen molar-refractivity contribution >= 4 is 22.5 Å². The van der Waals surface area contributed by atoms with Gasteiger partial charge in [-0.1, -0.05) is 18.2 Å². The second-order valence-corrected chi connectivity index (χ2v) is 6.56. The number of fused-ring (bicyclic) bond motifs is 1. The molecule has 1 saturated heterocycles. The van der Waals surface area contributed by atoms with E-state index in [0.717, 1.165) is 49.2 Å². The Morgan fingerprint density at radius 3 is 2.96 bits per heavy atom. The van der Waals surface area contributed by atoms with E-state index >= 15 is 0 Å². The molecule has 0 bridgehead atoms. The highest BCUT2D eigenvalue weighted by Gasteiger charge is 2.15. The number of rotatable bonds is 5. The Morgan fingerprint density at radius 1 is 1.24 bits per heavy atom. The van der Waals surface area contributed by atoms with Crippen LogP contribution in [0.2, 0.25) is 0 Å². The lowest BCUT2D eigenvalue weighted by Gasteiger charge is -2.21. The summed E-state index contributed by atoms with van der Waals surface area (Å²) >= 11 is 0. The van der Waals surface area contributed by atoms with Crippen LogP contribution >= 0.6 is 0 Å². The Morgan fingerprint density at radius 2 is 2.08 bits per heavy atom. The zero-order chi connectivity index (χ0) is 17.1. The van der Waals surface area contributed by atoms with Crippen molar-refractivity contribution in [2.45, 2.75) is 25.9 Å². The lowest BCUT2D eigenvalue weighted by molar-refractivity contribution is -0.116. The number of amides is 1. The molecule has 3 aromatic rings. The van der Waals surface area contributed by atoms with Crippen LogP contribution in [0, 0.1) is 5.92 Å². The van der Waals surface area contributed by atoms with Gasteiger partial charge in [0.25, 0.3) is 0 Å². The molecule has 1 N–H and O–H groups in total. The molecule has 0 spiro atoms. The summed E-state index contributed by atoms with van der Waals surface area (Å²) in [5.74, 6) is 0.551. The van der Waals surface area contributed by atoms with Crippen LogP contribution < -0.4 is 5.32 Å². The maximum atomic E-state index is 12.3. The number of ether oxygens (including phenoxy) is 1. The molecule has 0 radical (unpaired) electrons. The zero-order valence-electron chi connectivity index (χ0n) is 14.1. The van der Waals surface area contributed by atoms with Gasteiger partial charge in [0.2, 0.25) is 5.91 Å². The van der Waals surface area contributed by atoms with Crippen LogP contribution in [0.5, 0.6) is 0 Å². The van der Waals surface area contributed by atoms with Crippen LogP contribution in [0.15, 0.2) is 48.9 Å². The predicted octanol–water partition coefficient (Wildman–Crippen LogP) is 2.90. The number of anilines is 1. The third kappa shape index (κ3) is 3.74. The van der Waals surface area contributed by atoms with Gasteiger partial charge in [0.1, 0.15) is 6.54 Å². The van der Waals surface area contributed by atoms with Gasteiger partial charge in [-0.3, -0.25) is 9.48 Å². The van der Waals surface area contributed by atoms with Crippen LogP contribution in [0.1, 0.15) is 12.8 Å². The van der Waals surface area contributed by atoms with Gasteiger partial charge in [0.15, 0.2) is 0 Å². The summed E-state index contributed by atoms with van der Waals surface area (Å²) in [4.78, 5) is 12.3. The first-order valence-electron chi connectivity index (χ1n) is 8.72. The summed E-state index contributed by atoms with van der Waals surface area (Å²) in [5, 5.41) is 8.44. The lowest BCUT2D eigenvalue weighted by Crippen LogP contribution is -2.20. The van der Waals surface area contributed by atoms with Crippen molar-refractivity contribution in [3.63, 3.8) is 0 Å². The van der Waals surface area contributed by atoms with Crippen molar-refractivity contribution in [1.29, 1.82) is 0 Å². The number of hydrogen-bond donors (Lipinski definition) is 1. The monoisotopic (exact) mass is 338 g/mol. The molecule has 1 aromatic carbocycles. The molecule has 4 rings (SSSR count). The third-order valence-corrected chi connectivity index (χ3v) is 4.70. The van der Waals surface area contributed by atoms with E-state index in [2.05, 4.69) is 10.4 Å². The molecule has 1 aliphatic rings. The van der Waals surface area contributed by atoms with Gasteiger partial charge in [-0.25, -0.2) is 0 Å². The molecule has 0 aliphatic carbocycles. The topological polar surface area (TPSA) is 61.1 Å². The van der Waals surface area contributed by atoms with Gasteiger partial charge in [0, 0.05) is 37.7 Å². The number of nitrogens with one attached hydrogen (secondary N) is 1.